The number of aromatic nitrogens is 1. The van der Waals surface area contributed by atoms with Crippen molar-refractivity contribution in [1.82, 2.24) is 19.5 Å². The molecule has 0 saturated carbocycles. The van der Waals surface area contributed by atoms with Crippen molar-refractivity contribution in [2.24, 2.45) is 0 Å². The Balaban J connectivity index is 1.94. The van der Waals surface area contributed by atoms with Gasteiger partial charge in [0.25, 0.3) is 0 Å². The van der Waals surface area contributed by atoms with E-state index in [-0.39, 0.29) is 19.5 Å². The number of halogens is 1. The monoisotopic (exact) mass is 512 g/mol. The van der Waals surface area contributed by atoms with Gasteiger partial charge in [0.05, 0.1) is 25.0 Å². The molecule has 1 atom stereocenters. The number of pyridine rings is 1. The highest BCUT2D eigenvalue weighted by atomic mass is 32.2. The first-order valence-electron chi connectivity index (χ1n) is 11.3. The number of hydrogen-bond acceptors (Lipinski definition) is 5. The van der Waals surface area contributed by atoms with Crippen LogP contribution in [0, 0.1) is 5.82 Å². The van der Waals surface area contributed by atoms with Gasteiger partial charge in [-0.15, -0.1) is 0 Å². The lowest BCUT2D eigenvalue weighted by Gasteiger charge is -2.32. The smallest absolute Gasteiger partial charge is 0.243 e. The molecule has 3 rings (SSSR count). The minimum absolute atomic E-state index is 0.00871. The molecule has 2 amide bonds. The maximum Gasteiger partial charge on any atom is 0.243 e. The summed E-state index contributed by atoms with van der Waals surface area (Å²) in [5.74, 6) is -1.40. The zero-order valence-electron chi connectivity index (χ0n) is 20.2. The molecule has 2 aromatic carbocycles. The van der Waals surface area contributed by atoms with E-state index in [0.717, 1.165) is 16.1 Å². The first-order valence-corrected chi connectivity index (χ1v) is 13.1. The third-order valence-corrected chi connectivity index (χ3v) is 6.89. The van der Waals surface area contributed by atoms with Gasteiger partial charge in [-0.1, -0.05) is 48.5 Å². The molecule has 3 aromatic rings. The largest absolute Gasteiger partial charge is 0.349 e. The van der Waals surface area contributed by atoms with E-state index in [1.807, 2.05) is 30.3 Å². The molecule has 0 saturated heterocycles. The zero-order chi connectivity index (χ0) is 26.1. The van der Waals surface area contributed by atoms with Crippen LogP contribution in [-0.4, -0.2) is 60.3 Å². The van der Waals surface area contributed by atoms with Crippen molar-refractivity contribution in [3.05, 3.63) is 102 Å². The molecule has 36 heavy (non-hydrogen) atoms. The van der Waals surface area contributed by atoms with E-state index in [0.29, 0.717) is 11.3 Å². The van der Waals surface area contributed by atoms with Crippen LogP contribution in [0.1, 0.15) is 16.8 Å². The second-order valence-electron chi connectivity index (χ2n) is 8.41. The highest BCUT2D eigenvalue weighted by Gasteiger charge is 2.32. The first-order chi connectivity index (χ1) is 17.1. The van der Waals surface area contributed by atoms with Gasteiger partial charge in [-0.05, 0) is 35.4 Å². The molecule has 190 valence electrons. The van der Waals surface area contributed by atoms with Gasteiger partial charge in [0, 0.05) is 26.2 Å². The molecule has 1 heterocycles. The van der Waals surface area contributed by atoms with Gasteiger partial charge in [0.15, 0.2) is 0 Å². The van der Waals surface area contributed by atoms with Gasteiger partial charge < -0.3 is 10.2 Å². The summed E-state index contributed by atoms with van der Waals surface area (Å²) in [4.78, 5) is 32.5. The number of nitrogens with zero attached hydrogens (tertiary/aromatic N) is 3. The molecule has 0 spiro atoms. The predicted molar refractivity (Wildman–Crippen MR) is 134 cm³/mol. The molecule has 1 aromatic heterocycles. The summed E-state index contributed by atoms with van der Waals surface area (Å²) in [6, 6.07) is 19.2. The number of rotatable bonds is 11. The molecule has 0 unspecified atom stereocenters. The van der Waals surface area contributed by atoms with E-state index in [2.05, 4.69) is 10.3 Å². The highest BCUT2D eigenvalue weighted by molar-refractivity contribution is 7.88. The molecule has 10 heteroatoms. The van der Waals surface area contributed by atoms with Crippen LogP contribution in [0.25, 0.3) is 0 Å². The normalized spacial score (nSPS) is 12.2. The van der Waals surface area contributed by atoms with Crippen LogP contribution in [0.4, 0.5) is 4.39 Å². The predicted octanol–water partition coefficient (Wildman–Crippen LogP) is 2.37. The average Bonchev–Trinajstić information content (AvgIpc) is 2.86. The molecule has 0 aliphatic heterocycles. The van der Waals surface area contributed by atoms with Crippen LogP contribution in [0.5, 0.6) is 0 Å². The van der Waals surface area contributed by atoms with Crippen LogP contribution in [0.3, 0.4) is 0 Å². The van der Waals surface area contributed by atoms with Crippen molar-refractivity contribution in [3.8, 4) is 0 Å². The van der Waals surface area contributed by atoms with Crippen molar-refractivity contribution < 1.29 is 22.4 Å². The van der Waals surface area contributed by atoms with Gasteiger partial charge in [-0.3, -0.25) is 14.6 Å². The van der Waals surface area contributed by atoms with Crippen LogP contribution in [-0.2, 0) is 39.1 Å². The molecule has 8 nitrogen and oxygen atoms in total. The Kier molecular flexibility index (Phi) is 9.26. The minimum atomic E-state index is -3.63. The Morgan fingerprint density at radius 1 is 0.972 bits per heavy atom. The molecular weight excluding hydrogens is 483 g/mol. The number of nitrogens with one attached hydrogen (secondary N) is 1. The standard InChI is InChI=1S/C26H29FN4O4S/c1-30(36(2,34)35)19-25(32)31(18-21-11-13-22(27)14-12-21)24(16-20-8-4-3-5-9-20)26(33)29-17-23-10-6-7-15-28-23/h3-15,24H,16-19H2,1-2H3,(H,29,33)/t24-/m0/s1. The fraction of sp³-hybridized carbons (Fsp3) is 0.269. The van der Waals surface area contributed by atoms with E-state index < -0.39 is 40.2 Å². The number of carbonyl (C=O) groups is 2. The third kappa shape index (κ3) is 7.96. The van der Waals surface area contributed by atoms with E-state index in [9.17, 15) is 22.4 Å². The SMILES string of the molecule is CN(CC(=O)N(Cc1ccc(F)cc1)[C@@H](Cc1ccccc1)C(=O)NCc1ccccn1)S(C)(=O)=O. The lowest BCUT2D eigenvalue weighted by molar-refractivity contribution is -0.141. The number of amides is 2. The fourth-order valence-electron chi connectivity index (χ4n) is 3.54. The highest BCUT2D eigenvalue weighted by Crippen LogP contribution is 2.16. The van der Waals surface area contributed by atoms with Gasteiger partial charge in [0.2, 0.25) is 21.8 Å². The van der Waals surface area contributed by atoms with E-state index in [1.54, 1.807) is 24.4 Å². The summed E-state index contributed by atoms with van der Waals surface area (Å²) in [6.45, 7) is -0.295. The van der Waals surface area contributed by atoms with Crippen LogP contribution < -0.4 is 5.32 Å². The van der Waals surface area contributed by atoms with Crippen LogP contribution in [0.15, 0.2) is 79.0 Å². The summed E-state index contributed by atoms with van der Waals surface area (Å²) in [6.07, 6.45) is 2.82. The number of sulfonamides is 1. The van der Waals surface area contributed by atoms with Crippen molar-refractivity contribution in [2.75, 3.05) is 19.8 Å². The Morgan fingerprint density at radius 3 is 2.25 bits per heavy atom. The lowest BCUT2D eigenvalue weighted by Crippen LogP contribution is -2.52. The van der Waals surface area contributed by atoms with E-state index >= 15 is 0 Å². The topological polar surface area (TPSA) is 99.7 Å². The summed E-state index contributed by atoms with van der Waals surface area (Å²) in [7, 11) is -2.33. The van der Waals surface area contributed by atoms with E-state index in [1.165, 1.54) is 36.2 Å². The van der Waals surface area contributed by atoms with Gasteiger partial charge in [0.1, 0.15) is 11.9 Å². The molecule has 0 aliphatic rings. The van der Waals surface area contributed by atoms with Gasteiger partial charge >= 0.3 is 0 Å². The molecule has 0 bridgehead atoms. The maximum atomic E-state index is 13.5. The van der Waals surface area contributed by atoms with E-state index in [4.69, 9.17) is 0 Å². The second-order valence-corrected chi connectivity index (χ2v) is 10.5. The van der Waals surface area contributed by atoms with Crippen molar-refractivity contribution in [2.45, 2.75) is 25.6 Å². The first kappa shape index (κ1) is 27.0. The number of likely N-dealkylation sites (N-methyl/N-ethyl adjacent to an activating group) is 1. The minimum Gasteiger partial charge on any atom is -0.349 e. The summed E-state index contributed by atoms with van der Waals surface area (Å²) in [5, 5.41) is 2.85. The molecular formula is C26H29FN4O4S. The molecule has 0 radical (unpaired) electrons. The Labute approximate surface area is 210 Å². The van der Waals surface area contributed by atoms with Crippen LogP contribution >= 0.6 is 0 Å². The number of hydrogen-bond donors (Lipinski definition) is 1. The maximum absolute atomic E-state index is 13.5. The Hall–Kier alpha value is -3.63. The van der Waals surface area contributed by atoms with Crippen LogP contribution in [0.2, 0.25) is 0 Å². The Bertz CT molecular complexity index is 1260. The third-order valence-electron chi connectivity index (χ3n) is 5.63. The fourth-order valence-corrected chi connectivity index (χ4v) is 3.88. The van der Waals surface area contributed by atoms with Crippen molar-refractivity contribution >= 4 is 21.8 Å². The molecule has 0 fully saturated rings. The molecule has 0 aliphatic carbocycles. The number of benzene rings is 2. The second kappa shape index (κ2) is 12.4. The Morgan fingerprint density at radius 2 is 1.64 bits per heavy atom. The van der Waals surface area contributed by atoms with Gasteiger partial charge in [-0.2, -0.15) is 4.31 Å². The van der Waals surface area contributed by atoms with Crippen molar-refractivity contribution in [3.63, 3.8) is 0 Å². The number of carbonyl (C=O) groups excluding carboxylic acids is 2. The average molecular weight is 513 g/mol. The van der Waals surface area contributed by atoms with Gasteiger partial charge in [-0.25, -0.2) is 12.8 Å². The zero-order valence-corrected chi connectivity index (χ0v) is 21.0. The summed E-state index contributed by atoms with van der Waals surface area (Å²) < 4.78 is 38.4. The summed E-state index contributed by atoms with van der Waals surface area (Å²) >= 11 is 0. The molecule has 1 N–H and O–H groups in total. The van der Waals surface area contributed by atoms with Crippen molar-refractivity contribution in [1.29, 1.82) is 0 Å². The quantitative estimate of drug-likeness (QED) is 0.425. The lowest BCUT2D eigenvalue weighted by atomic mass is 10.0. The summed E-state index contributed by atoms with van der Waals surface area (Å²) in [5.41, 5.74) is 2.07.